The summed E-state index contributed by atoms with van der Waals surface area (Å²) in [5.74, 6) is 1.43. The van der Waals surface area contributed by atoms with Crippen molar-refractivity contribution in [2.24, 2.45) is 4.99 Å². The van der Waals surface area contributed by atoms with Crippen LogP contribution in [-0.2, 0) is 0 Å². The molecule has 0 aromatic heterocycles. The number of amidine groups is 1. The summed E-state index contributed by atoms with van der Waals surface area (Å²) < 4.78 is 5.72. The maximum atomic E-state index is 8.48. The lowest BCUT2D eigenvalue weighted by Crippen LogP contribution is -2.25. The SMILES string of the molecule is CC(=Nc1ccc(OCCN2CCCC2)cc1)NC#N. The van der Waals surface area contributed by atoms with E-state index < -0.39 is 0 Å². The Balaban J connectivity index is 1.79. The fourth-order valence-electron chi connectivity index (χ4n) is 2.22. The molecule has 1 aliphatic rings. The minimum absolute atomic E-state index is 0.579. The van der Waals surface area contributed by atoms with E-state index in [1.807, 2.05) is 30.5 Å². The smallest absolute Gasteiger partial charge is 0.182 e. The van der Waals surface area contributed by atoms with Gasteiger partial charge in [0.1, 0.15) is 18.2 Å². The monoisotopic (exact) mass is 272 g/mol. The van der Waals surface area contributed by atoms with Crippen molar-refractivity contribution < 1.29 is 4.74 Å². The van der Waals surface area contributed by atoms with E-state index in [0.29, 0.717) is 5.84 Å². The van der Waals surface area contributed by atoms with Crippen molar-refractivity contribution in [3.63, 3.8) is 0 Å². The Kier molecular flexibility index (Phi) is 5.39. The highest BCUT2D eigenvalue weighted by molar-refractivity contribution is 5.83. The molecule has 1 aromatic rings. The summed E-state index contributed by atoms with van der Waals surface area (Å²) in [4.78, 5) is 6.68. The van der Waals surface area contributed by atoms with Gasteiger partial charge in [-0.15, -0.1) is 0 Å². The molecule has 1 N–H and O–H groups in total. The van der Waals surface area contributed by atoms with Crippen LogP contribution in [0.5, 0.6) is 5.75 Å². The molecule has 5 heteroatoms. The predicted octanol–water partition coefficient (Wildman–Crippen LogP) is 2.28. The van der Waals surface area contributed by atoms with E-state index >= 15 is 0 Å². The zero-order chi connectivity index (χ0) is 14.2. The minimum atomic E-state index is 0.579. The van der Waals surface area contributed by atoms with Crippen molar-refractivity contribution in [3.8, 4) is 11.9 Å². The number of nitrogens with one attached hydrogen (secondary N) is 1. The van der Waals surface area contributed by atoms with E-state index in [4.69, 9.17) is 10.00 Å². The molecule has 0 unspecified atom stereocenters. The molecule has 0 bridgehead atoms. The molecule has 0 saturated carbocycles. The number of rotatable bonds is 5. The first-order valence-electron chi connectivity index (χ1n) is 6.93. The first-order valence-corrected chi connectivity index (χ1v) is 6.93. The van der Waals surface area contributed by atoms with E-state index in [2.05, 4.69) is 15.2 Å². The predicted molar refractivity (Wildman–Crippen MR) is 79.1 cm³/mol. The van der Waals surface area contributed by atoms with Crippen LogP contribution >= 0.6 is 0 Å². The maximum absolute atomic E-state index is 8.48. The Bertz CT molecular complexity index is 484. The fourth-order valence-corrected chi connectivity index (χ4v) is 2.22. The van der Waals surface area contributed by atoms with Gasteiger partial charge >= 0.3 is 0 Å². The molecule has 1 heterocycles. The molecule has 0 aliphatic carbocycles. The summed E-state index contributed by atoms with van der Waals surface area (Å²) >= 11 is 0. The van der Waals surface area contributed by atoms with Gasteiger partial charge in [-0.05, 0) is 57.1 Å². The van der Waals surface area contributed by atoms with Crippen molar-refractivity contribution in [1.29, 1.82) is 5.26 Å². The molecule has 1 aliphatic heterocycles. The third-order valence-corrected chi connectivity index (χ3v) is 3.25. The molecule has 1 fully saturated rings. The van der Waals surface area contributed by atoms with Crippen LogP contribution in [0.4, 0.5) is 5.69 Å². The number of nitrogens with zero attached hydrogens (tertiary/aromatic N) is 3. The number of hydrogen-bond acceptors (Lipinski definition) is 4. The highest BCUT2D eigenvalue weighted by Crippen LogP contribution is 2.18. The Morgan fingerprint density at radius 2 is 2.05 bits per heavy atom. The molecule has 0 radical (unpaired) electrons. The Morgan fingerprint density at radius 3 is 2.70 bits per heavy atom. The normalized spacial score (nSPS) is 15.9. The van der Waals surface area contributed by atoms with Crippen LogP contribution in [0.1, 0.15) is 19.8 Å². The van der Waals surface area contributed by atoms with Crippen LogP contribution in [0.3, 0.4) is 0 Å². The van der Waals surface area contributed by atoms with E-state index in [-0.39, 0.29) is 0 Å². The molecule has 1 saturated heterocycles. The highest BCUT2D eigenvalue weighted by atomic mass is 16.5. The van der Waals surface area contributed by atoms with Gasteiger partial charge in [0.2, 0.25) is 0 Å². The van der Waals surface area contributed by atoms with Gasteiger partial charge in [0.15, 0.2) is 6.19 Å². The van der Waals surface area contributed by atoms with E-state index in [1.54, 1.807) is 6.92 Å². The topological polar surface area (TPSA) is 60.6 Å². The minimum Gasteiger partial charge on any atom is -0.492 e. The molecule has 20 heavy (non-hydrogen) atoms. The lowest BCUT2D eigenvalue weighted by atomic mass is 10.3. The van der Waals surface area contributed by atoms with Gasteiger partial charge < -0.3 is 4.74 Å². The Morgan fingerprint density at radius 1 is 1.35 bits per heavy atom. The molecule has 0 atom stereocenters. The van der Waals surface area contributed by atoms with Crippen molar-refractivity contribution >= 4 is 11.5 Å². The van der Waals surface area contributed by atoms with Crippen molar-refractivity contribution in [3.05, 3.63) is 24.3 Å². The van der Waals surface area contributed by atoms with Crippen molar-refractivity contribution in [2.75, 3.05) is 26.2 Å². The van der Waals surface area contributed by atoms with Crippen LogP contribution < -0.4 is 10.1 Å². The quantitative estimate of drug-likeness (QED) is 0.386. The second kappa shape index (κ2) is 7.51. The first-order chi connectivity index (χ1) is 9.78. The summed E-state index contributed by atoms with van der Waals surface area (Å²) in [6.07, 6.45) is 4.46. The molecule has 2 rings (SSSR count). The second-order valence-electron chi connectivity index (χ2n) is 4.83. The van der Waals surface area contributed by atoms with E-state index in [0.717, 1.165) is 24.6 Å². The maximum Gasteiger partial charge on any atom is 0.182 e. The third kappa shape index (κ3) is 4.56. The van der Waals surface area contributed by atoms with E-state index in [1.165, 1.54) is 25.9 Å². The standard InChI is InChI=1S/C15H20N4O/c1-13(17-12-16)18-14-4-6-15(7-5-14)20-11-10-19-8-2-3-9-19/h4-7H,2-3,8-11H2,1H3,(H,17,18). The van der Waals surface area contributed by atoms with Gasteiger partial charge in [-0.3, -0.25) is 10.2 Å². The summed E-state index contributed by atoms with van der Waals surface area (Å²) in [5.41, 5.74) is 0.803. The average Bonchev–Trinajstić information content (AvgIpc) is 2.94. The van der Waals surface area contributed by atoms with Gasteiger partial charge in [-0.2, -0.15) is 5.26 Å². The molecule has 0 spiro atoms. The summed E-state index contributed by atoms with van der Waals surface area (Å²) in [6, 6.07) is 7.58. The largest absolute Gasteiger partial charge is 0.492 e. The summed E-state index contributed by atoms with van der Waals surface area (Å²) in [6.45, 7) is 5.86. The Hall–Kier alpha value is -2.06. The second-order valence-corrected chi connectivity index (χ2v) is 4.83. The van der Waals surface area contributed by atoms with Crippen molar-refractivity contribution in [2.45, 2.75) is 19.8 Å². The zero-order valence-electron chi connectivity index (χ0n) is 11.8. The lowest BCUT2D eigenvalue weighted by Gasteiger charge is -2.14. The molecular weight excluding hydrogens is 252 g/mol. The number of likely N-dealkylation sites (tertiary alicyclic amines) is 1. The summed E-state index contributed by atoms with van der Waals surface area (Å²) in [5, 5.41) is 11.0. The molecule has 106 valence electrons. The van der Waals surface area contributed by atoms with Gasteiger partial charge in [0.05, 0.1) is 5.69 Å². The first kappa shape index (κ1) is 14.4. The molecular formula is C15H20N4O. The highest BCUT2D eigenvalue weighted by Gasteiger charge is 2.10. The molecule has 0 amide bonds. The number of nitriles is 1. The van der Waals surface area contributed by atoms with Gasteiger partial charge in [-0.1, -0.05) is 0 Å². The van der Waals surface area contributed by atoms with Gasteiger partial charge in [0.25, 0.3) is 0 Å². The summed E-state index contributed by atoms with van der Waals surface area (Å²) in [7, 11) is 0. The molecule has 1 aromatic carbocycles. The van der Waals surface area contributed by atoms with Crippen molar-refractivity contribution in [1.82, 2.24) is 10.2 Å². The van der Waals surface area contributed by atoms with Crippen LogP contribution in [0, 0.1) is 11.5 Å². The zero-order valence-corrected chi connectivity index (χ0v) is 11.8. The number of benzene rings is 1. The van der Waals surface area contributed by atoms with Crippen LogP contribution in [0.2, 0.25) is 0 Å². The van der Waals surface area contributed by atoms with E-state index in [9.17, 15) is 0 Å². The van der Waals surface area contributed by atoms with Crippen LogP contribution in [0.25, 0.3) is 0 Å². The number of aliphatic imine (C=N–C) groups is 1. The average molecular weight is 272 g/mol. The Labute approximate surface area is 119 Å². The third-order valence-electron chi connectivity index (χ3n) is 3.25. The fraction of sp³-hybridized carbons (Fsp3) is 0.467. The van der Waals surface area contributed by atoms with Crippen LogP contribution in [0.15, 0.2) is 29.3 Å². The van der Waals surface area contributed by atoms with Crippen LogP contribution in [-0.4, -0.2) is 37.0 Å². The lowest BCUT2D eigenvalue weighted by molar-refractivity contribution is 0.238. The number of ether oxygens (including phenoxy) is 1. The number of hydrogen-bond donors (Lipinski definition) is 1. The molecule has 5 nitrogen and oxygen atoms in total. The van der Waals surface area contributed by atoms with Gasteiger partial charge in [0, 0.05) is 6.54 Å². The van der Waals surface area contributed by atoms with Gasteiger partial charge in [-0.25, -0.2) is 4.99 Å².